The number of nitrogen functional groups attached to an aromatic ring is 1. The summed E-state index contributed by atoms with van der Waals surface area (Å²) in [5.41, 5.74) is 10.3. The Balaban J connectivity index is 1.52. The Labute approximate surface area is 173 Å². The zero-order chi connectivity index (χ0) is 19.5. The van der Waals surface area contributed by atoms with Crippen LogP contribution in [0, 0.1) is 0 Å². The van der Waals surface area contributed by atoms with E-state index in [1.165, 1.54) is 0 Å². The summed E-state index contributed by atoms with van der Waals surface area (Å²) >= 11 is 3.48. The third-order valence-electron chi connectivity index (χ3n) is 5.04. The Hall–Kier alpha value is -2.73. The van der Waals surface area contributed by atoms with Crippen LogP contribution in [-0.4, -0.2) is 38.3 Å². The highest BCUT2D eigenvalue weighted by atomic mass is 79.9. The molecule has 5 nitrogen and oxygen atoms in total. The van der Waals surface area contributed by atoms with Gasteiger partial charge in [0.15, 0.2) is 0 Å². The van der Waals surface area contributed by atoms with Gasteiger partial charge in [0.25, 0.3) is 0 Å². The summed E-state index contributed by atoms with van der Waals surface area (Å²) in [5.74, 6) is 1.46. The lowest BCUT2D eigenvalue weighted by Gasteiger charge is -2.38. The molecule has 0 spiro atoms. The molecular formula is C22H23BrN4O. The number of nitrogens with two attached hydrogens (primary N) is 1. The third kappa shape index (κ3) is 3.92. The van der Waals surface area contributed by atoms with Gasteiger partial charge >= 0.3 is 0 Å². The molecule has 28 heavy (non-hydrogen) atoms. The van der Waals surface area contributed by atoms with Gasteiger partial charge < -0.3 is 20.3 Å². The lowest BCUT2D eigenvalue weighted by Crippen LogP contribution is -2.46. The molecule has 6 heteroatoms. The van der Waals surface area contributed by atoms with Crippen LogP contribution in [0.1, 0.15) is 0 Å². The summed E-state index contributed by atoms with van der Waals surface area (Å²) in [5, 5.41) is 0. The van der Waals surface area contributed by atoms with Crippen LogP contribution < -0.4 is 20.3 Å². The van der Waals surface area contributed by atoms with Gasteiger partial charge in [0.1, 0.15) is 11.6 Å². The first-order chi connectivity index (χ1) is 13.6. The lowest BCUT2D eigenvalue weighted by molar-refractivity contribution is 0.413. The number of rotatable bonds is 4. The minimum Gasteiger partial charge on any atom is -0.495 e. The standard InChI is InChI=1S/C22H23BrN4O/c1-28-21-5-3-2-4-20(21)27-12-10-26(11-13-27)18-14-19(25-22(24)15-18)16-6-8-17(23)9-7-16/h2-9,14-15H,10-13H2,1H3,(H2,24,25). The van der Waals surface area contributed by atoms with Gasteiger partial charge in [-0.25, -0.2) is 4.98 Å². The Morgan fingerprint density at radius 3 is 2.32 bits per heavy atom. The van der Waals surface area contributed by atoms with Crippen LogP contribution in [0.5, 0.6) is 5.75 Å². The zero-order valence-electron chi connectivity index (χ0n) is 15.8. The van der Waals surface area contributed by atoms with Crippen molar-refractivity contribution >= 4 is 33.1 Å². The summed E-state index contributed by atoms with van der Waals surface area (Å²) in [6.45, 7) is 3.69. The monoisotopic (exact) mass is 438 g/mol. The van der Waals surface area contributed by atoms with Gasteiger partial charge in [-0.15, -0.1) is 0 Å². The van der Waals surface area contributed by atoms with Crippen LogP contribution in [-0.2, 0) is 0 Å². The van der Waals surface area contributed by atoms with Gasteiger partial charge in [-0.1, -0.05) is 40.2 Å². The number of para-hydroxylation sites is 2. The quantitative estimate of drug-likeness (QED) is 0.652. The maximum Gasteiger partial charge on any atom is 0.142 e. The Kier molecular flexibility index (Phi) is 5.39. The topological polar surface area (TPSA) is 54.6 Å². The van der Waals surface area contributed by atoms with E-state index in [4.69, 9.17) is 10.5 Å². The van der Waals surface area contributed by atoms with E-state index in [1.807, 2.05) is 30.3 Å². The largest absolute Gasteiger partial charge is 0.495 e. The smallest absolute Gasteiger partial charge is 0.142 e. The second-order valence-corrected chi connectivity index (χ2v) is 7.70. The molecule has 1 saturated heterocycles. The van der Waals surface area contributed by atoms with E-state index in [-0.39, 0.29) is 0 Å². The molecule has 0 atom stereocenters. The van der Waals surface area contributed by atoms with Crippen molar-refractivity contribution in [2.75, 3.05) is 48.8 Å². The maximum atomic E-state index is 6.12. The van der Waals surface area contributed by atoms with Crippen molar-refractivity contribution in [2.24, 2.45) is 0 Å². The number of ether oxygens (including phenoxy) is 1. The number of nitrogens with zero attached hydrogens (tertiary/aromatic N) is 3. The van der Waals surface area contributed by atoms with Crippen molar-refractivity contribution in [1.29, 1.82) is 0 Å². The molecule has 2 N–H and O–H groups in total. The van der Waals surface area contributed by atoms with E-state index in [1.54, 1.807) is 7.11 Å². The number of aromatic nitrogens is 1. The number of halogens is 1. The van der Waals surface area contributed by atoms with Gasteiger partial charge in [-0.2, -0.15) is 0 Å². The second kappa shape index (κ2) is 8.10. The Bertz CT molecular complexity index is 953. The van der Waals surface area contributed by atoms with E-state index >= 15 is 0 Å². The molecule has 0 unspecified atom stereocenters. The van der Waals surface area contributed by atoms with E-state index in [2.05, 4.69) is 61.0 Å². The third-order valence-corrected chi connectivity index (χ3v) is 5.57. The second-order valence-electron chi connectivity index (χ2n) is 6.79. The van der Waals surface area contributed by atoms with Crippen LogP contribution >= 0.6 is 15.9 Å². The van der Waals surface area contributed by atoms with Crippen molar-refractivity contribution in [3.8, 4) is 17.0 Å². The molecule has 1 fully saturated rings. The fraction of sp³-hybridized carbons (Fsp3) is 0.227. The molecular weight excluding hydrogens is 416 g/mol. The number of pyridine rings is 1. The van der Waals surface area contributed by atoms with Crippen molar-refractivity contribution in [2.45, 2.75) is 0 Å². The highest BCUT2D eigenvalue weighted by Gasteiger charge is 2.20. The first-order valence-corrected chi connectivity index (χ1v) is 10.1. The molecule has 0 aliphatic carbocycles. The predicted octanol–water partition coefficient (Wildman–Crippen LogP) is 4.43. The molecule has 3 aromatic rings. The maximum absolute atomic E-state index is 6.12. The van der Waals surface area contributed by atoms with Gasteiger partial charge in [0.2, 0.25) is 0 Å². The highest BCUT2D eigenvalue weighted by Crippen LogP contribution is 2.31. The van der Waals surface area contributed by atoms with Gasteiger partial charge in [0.05, 0.1) is 18.5 Å². The number of anilines is 3. The van der Waals surface area contributed by atoms with Gasteiger partial charge in [0, 0.05) is 48.0 Å². The first-order valence-electron chi connectivity index (χ1n) is 9.30. The molecule has 1 aromatic heterocycles. The van der Waals surface area contributed by atoms with E-state index in [9.17, 15) is 0 Å². The molecule has 0 saturated carbocycles. The number of hydrogen-bond donors (Lipinski definition) is 1. The van der Waals surface area contributed by atoms with E-state index in [0.717, 1.165) is 59.0 Å². The fourth-order valence-corrected chi connectivity index (χ4v) is 3.85. The molecule has 144 valence electrons. The Morgan fingerprint density at radius 2 is 1.61 bits per heavy atom. The number of hydrogen-bond acceptors (Lipinski definition) is 5. The average molecular weight is 439 g/mol. The van der Waals surface area contributed by atoms with Crippen LogP contribution in [0.3, 0.4) is 0 Å². The normalized spacial score (nSPS) is 14.2. The van der Waals surface area contributed by atoms with Crippen LogP contribution in [0.15, 0.2) is 65.1 Å². The van der Waals surface area contributed by atoms with Crippen LogP contribution in [0.4, 0.5) is 17.2 Å². The summed E-state index contributed by atoms with van der Waals surface area (Å²) in [4.78, 5) is 9.26. The molecule has 2 heterocycles. The van der Waals surface area contributed by atoms with Crippen molar-refractivity contribution in [3.05, 3.63) is 65.1 Å². The van der Waals surface area contributed by atoms with Gasteiger partial charge in [-0.05, 0) is 30.3 Å². The summed E-state index contributed by atoms with van der Waals surface area (Å²) < 4.78 is 6.56. The van der Waals surface area contributed by atoms with E-state index < -0.39 is 0 Å². The van der Waals surface area contributed by atoms with E-state index in [0.29, 0.717) is 5.82 Å². The number of benzene rings is 2. The summed E-state index contributed by atoms with van der Waals surface area (Å²) in [7, 11) is 1.72. The predicted molar refractivity (Wildman–Crippen MR) is 119 cm³/mol. The molecule has 0 amide bonds. The van der Waals surface area contributed by atoms with Crippen molar-refractivity contribution < 1.29 is 4.74 Å². The SMILES string of the molecule is COc1ccccc1N1CCN(c2cc(N)nc(-c3ccc(Br)cc3)c2)CC1. The number of methoxy groups -OCH3 is 1. The molecule has 1 aliphatic heterocycles. The van der Waals surface area contributed by atoms with Crippen molar-refractivity contribution in [3.63, 3.8) is 0 Å². The number of piperazine rings is 1. The minimum atomic E-state index is 0.544. The Morgan fingerprint density at radius 1 is 0.929 bits per heavy atom. The molecule has 0 bridgehead atoms. The molecule has 4 rings (SSSR count). The fourth-order valence-electron chi connectivity index (χ4n) is 3.58. The minimum absolute atomic E-state index is 0.544. The molecule has 1 aliphatic rings. The first kappa shape index (κ1) is 18.6. The summed E-state index contributed by atoms with van der Waals surface area (Å²) in [6.07, 6.45) is 0. The van der Waals surface area contributed by atoms with Gasteiger partial charge in [-0.3, -0.25) is 0 Å². The molecule has 0 radical (unpaired) electrons. The summed E-state index contributed by atoms with van der Waals surface area (Å²) in [6, 6.07) is 20.4. The highest BCUT2D eigenvalue weighted by molar-refractivity contribution is 9.10. The lowest BCUT2D eigenvalue weighted by atomic mass is 10.1. The molecule has 2 aromatic carbocycles. The average Bonchev–Trinajstić information content (AvgIpc) is 2.74. The van der Waals surface area contributed by atoms with Crippen molar-refractivity contribution in [1.82, 2.24) is 4.98 Å². The zero-order valence-corrected chi connectivity index (χ0v) is 17.4. The van der Waals surface area contributed by atoms with Crippen LogP contribution in [0.2, 0.25) is 0 Å². The van der Waals surface area contributed by atoms with Crippen LogP contribution in [0.25, 0.3) is 11.3 Å².